The zero-order chi connectivity index (χ0) is 20.6. The monoisotopic (exact) mass is 361 g/mol. The molecule has 0 saturated carbocycles. The highest BCUT2D eigenvalue weighted by atomic mass is 16.2. The molecule has 142 valence electrons. The fourth-order valence-electron chi connectivity index (χ4n) is 3.14. The normalized spacial score (nSPS) is 23.7. The van der Waals surface area contributed by atoms with Gasteiger partial charge in [-0.25, -0.2) is 0 Å². The highest BCUT2D eigenvalue weighted by molar-refractivity contribution is 6.05. The Labute approximate surface area is 164 Å². The number of allylic oxidation sites excluding steroid dienone is 9. The minimum atomic E-state index is -0.832. The van der Waals surface area contributed by atoms with Gasteiger partial charge in [-0.05, 0) is 51.3 Å². The molecule has 27 heavy (non-hydrogen) atoms. The minimum Gasteiger partial charge on any atom is -0.334 e. The quantitative estimate of drug-likeness (QED) is 0.433. The summed E-state index contributed by atoms with van der Waals surface area (Å²) in [6.07, 6.45) is 17.2. The number of rotatable bonds is 7. The Morgan fingerprint density at radius 2 is 1.70 bits per heavy atom. The molecule has 2 heteroatoms. The lowest BCUT2D eigenvalue weighted by Gasteiger charge is -2.34. The topological polar surface area (TPSA) is 29.1 Å². The van der Waals surface area contributed by atoms with E-state index in [1.165, 1.54) is 0 Å². The SMILES string of the molecule is C=C/C=C1\C(=C/C)C(=O)NC1(/C(C=C)=C/C=C(C)C)C(/C=C\C(=C)C)=C/C. The smallest absolute Gasteiger partial charge is 0.252 e. The first-order valence-corrected chi connectivity index (χ1v) is 9.09. The second-order valence-corrected chi connectivity index (χ2v) is 6.72. The van der Waals surface area contributed by atoms with Crippen molar-refractivity contribution >= 4 is 5.91 Å². The van der Waals surface area contributed by atoms with Crippen molar-refractivity contribution in [2.75, 3.05) is 0 Å². The summed E-state index contributed by atoms with van der Waals surface area (Å²) in [5.41, 5.74) is 4.59. The van der Waals surface area contributed by atoms with E-state index in [9.17, 15) is 4.79 Å². The van der Waals surface area contributed by atoms with E-state index in [0.717, 1.165) is 27.9 Å². The first-order valence-electron chi connectivity index (χ1n) is 9.09. The van der Waals surface area contributed by atoms with Crippen LogP contribution in [0.5, 0.6) is 0 Å². The molecule has 0 aromatic carbocycles. The molecule has 1 heterocycles. The molecule has 1 unspecified atom stereocenters. The van der Waals surface area contributed by atoms with Crippen molar-refractivity contribution in [3.8, 4) is 0 Å². The van der Waals surface area contributed by atoms with Gasteiger partial charge in [0.1, 0.15) is 5.54 Å². The molecule has 0 aromatic rings. The van der Waals surface area contributed by atoms with Crippen molar-refractivity contribution in [1.82, 2.24) is 5.32 Å². The summed E-state index contributed by atoms with van der Waals surface area (Å²) in [6, 6.07) is 0. The summed E-state index contributed by atoms with van der Waals surface area (Å²) in [4.78, 5) is 12.8. The van der Waals surface area contributed by atoms with Crippen LogP contribution in [0.4, 0.5) is 0 Å². The number of hydrogen-bond acceptors (Lipinski definition) is 1. The summed E-state index contributed by atoms with van der Waals surface area (Å²) in [7, 11) is 0. The Kier molecular flexibility index (Phi) is 7.99. The van der Waals surface area contributed by atoms with Gasteiger partial charge in [0.25, 0.3) is 5.91 Å². The van der Waals surface area contributed by atoms with E-state index in [-0.39, 0.29) is 5.91 Å². The van der Waals surface area contributed by atoms with E-state index < -0.39 is 5.54 Å². The molecular formula is C25H31NO. The Bertz CT molecular complexity index is 820. The predicted octanol–water partition coefficient (Wildman–Crippen LogP) is 6.07. The molecule has 1 aliphatic rings. The predicted molar refractivity (Wildman–Crippen MR) is 118 cm³/mol. The molecule has 1 atom stereocenters. The fourth-order valence-corrected chi connectivity index (χ4v) is 3.14. The molecule has 2 nitrogen and oxygen atoms in total. The molecule has 1 N–H and O–H groups in total. The van der Waals surface area contributed by atoms with Crippen LogP contribution in [-0.2, 0) is 4.79 Å². The standard InChI is InChI=1S/C25H31NO/c1-9-13-23-22(12-4)24(27)26-25(23,20(10-2)16-14-18(5)6)21(11-3)17-15-19(7)8/h9-17H,1-2,7H2,3-6,8H3,(H,26,27)/b17-15-,20-16+,21-11+,22-12+,23-13+. The van der Waals surface area contributed by atoms with Gasteiger partial charge in [0.2, 0.25) is 0 Å². The zero-order valence-corrected chi connectivity index (χ0v) is 17.2. The van der Waals surface area contributed by atoms with E-state index in [1.807, 2.05) is 77.2 Å². The summed E-state index contributed by atoms with van der Waals surface area (Å²) < 4.78 is 0. The van der Waals surface area contributed by atoms with E-state index in [0.29, 0.717) is 5.57 Å². The summed E-state index contributed by atoms with van der Waals surface area (Å²) in [5.74, 6) is -0.112. The van der Waals surface area contributed by atoms with Crippen molar-refractivity contribution in [2.24, 2.45) is 0 Å². The van der Waals surface area contributed by atoms with E-state index in [4.69, 9.17) is 0 Å². The minimum absolute atomic E-state index is 0.112. The molecule has 1 aliphatic heterocycles. The molecular weight excluding hydrogens is 330 g/mol. The molecule has 1 amide bonds. The second-order valence-electron chi connectivity index (χ2n) is 6.72. The number of carbonyl (C=O) groups is 1. The van der Waals surface area contributed by atoms with Crippen LogP contribution in [0.25, 0.3) is 0 Å². The van der Waals surface area contributed by atoms with Gasteiger partial charge in [0.05, 0.1) is 0 Å². The van der Waals surface area contributed by atoms with Gasteiger partial charge in [-0.2, -0.15) is 0 Å². The molecule has 0 radical (unpaired) electrons. The van der Waals surface area contributed by atoms with Crippen LogP contribution >= 0.6 is 0 Å². The van der Waals surface area contributed by atoms with Crippen LogP contribution < -0.4 is 5.32 Å². The molecule has 1 rings (SSSR count). The van der Waals surface area contributed by atoms with Crippen molar-refractivity contribution in [3.63, 3.8) is 0 Å². The van der Waals surface area contributed by atoms with Gasteiger partial charge in [-0.1, -0.05) is 85.6 Å². The third-order valence-electron chi connectivity index (χ3n) is 4.35. The maximum absolute atomic E-state index is 12.8. The maximum atomic E-state index is 12.8. The zero-order valence-electron chi connectivity index (χ0n) is 17.2. The van der Waals surface area contributed by atoms with Crippen molar-refractivity contribution < 1.29 is 4.79 Å². The van der Waals surface area contributed by atoms with Gasteiger partial charge in [-0.15, -0.1) is 0 Å². The fraction of sp³-hybridized carbons (Fsp3) is 0.240. The highest BCUT2D eigenvalue weighted by Gasteiger charge is 2.48. The third kappa shape index (κ3) is 4.65. The Morgan fingerprint density at radius 3 is 2.15 bits per heavy atom. The van der Waals surface area contributed by atoms with Crippen LogP contribution in [0.3, 0.4) is 0 Å². The van der Waals surface area contributed by atoms with Gasteiger partial charge < -0.3 is 5.32 Å². The van der Waals surface area contributed by atoms with Gasteiger partial charge in [0, 0.05) is 5.57 Å². The molecule has 1 saturated heterocycles. The lowest BCUT2D eigenvalue weighted by atomic mass is 9.75. The van der Waals surface area contributed by atoms with Crippen LogP contribution in [0.1, 0.15) is 34.6 Å². The van der Waals surface area contributed by atoms with E-state index >= 15 is 0 Å². The first kappa shape index (κ1) is 22.2. The molecule has 0 aliphatic carbocycles. The number of hydrogen-bond donors (Lipinski definition) is 1. The summed E-state index contributed by atoms with van der Waals surface area (Å²) in [6.45, 7) is 21.7. The van der Waals surface area contributed by atoms with Gasteiger partial charge in [-0.3, -0.25) is 4.79 Å². The van der Waals surface area contributed by atoms with Gasteiger partial charge in [0.15, 0.2) is 0 Å². The first-order chi connectivity index (χ1) is 12.8. The van der Waals surface area contributed by atoms with Crippen LogP contribution in [0.15, 0.2) is 108 Å². The average Bonchev–Trinajstić information content (AvgIpc) is 2.88. The molecule has 0 spiro atoms. The number of carbonyl (C=O) groups excluding carboxylic acids is 1. The van der Waals surface area contributed by atoms with Crippen molar-refractivity contribution in [1.29, 1.82) is 0 Å². The molecule has 0 aromatic heterocycles. The Morgan fingerprint density at radius 1 is 1.04 bits per heavy atom. The molecule has 1 fully saturated rings. The number of amides is 1. The summed E-state index contributed by atoms with van der Waals surface area (Å²) in [5, 5.41) is 3.21. The van der Waals surface area contributed by atoms with E-state index in [2.05, 4.69) is 25.1 Å². The van der Waals surface area contributed by atoms with Gasteiger partial charge >= 0.3 is 0 Å². The largest absolute Gasteiger partial charge is 0.334 e. The highest BCUT2D eigenvalue weighted by Crippen LogP contribution is 2.43. The summed E-state index contributed by atoms with van der Waals surface area (Å²) >= 11 is 0. The Hall–Kier alpha value is -2.87. The lowest BCUT2D eigenvalue weighted by molar-refractivity contribution is -0.116. The second kappa shape index (κ2) is 9.72. The average molecular weight is 362 g/mol. The maximum Gasteiger partial charge on any atom is 0.252 e. The van der Waals surface area contributed by atoms with Crippen molar-refractivity contribution in [3.05, 3.63) is 108 Å². The van der Waals surface area contributed by atoms with Crippen molar-refractivity contribution in [2.45, 2.75) is 40.2 Å². The van der Waals surface area contributed by atoms with Crippen LogP contribution in [0, 0.1) is 0 Å². The molecule has 0 bridgehead atoms. The lowest BCUT2D eigenvalue weighted by Crippen LogP contribution is -2.45. The van der Waals surface area contributed by atoms with Crippen LogP contribution in [0.2, 0.25) is 0 Å². The van der Waals surface area contributed by atoms with Crippen LogP contribution in [-0.4, -0.2) is 11.4 Å². The Balaban J connectivity index is 3.95. The third-order valence-corrected chi connectivity index (χ3v) is 4.35. The number of nitrogens with one attached hydrogen (secondary N) is 1. The van der Waals surface area contributed by atoms with E-state index in [1.54, 1.807) is 12.2 Å².